The van der Waals surface area contributed by atoms with Gasteiger partial charge in [-0.05, 0) is 6.07 Å². The molecule has 90 valence electrons. The van der Waals surface area contributed by atoms with Gasteiger partial charge in [0.25, 0.3) is 4.92 Å². The number of halogens is 2. The number of hydrogen-bond donors (Lipinski definition) is 1. The standard InChI is InChI=1S/C9H6F2N2O4/c1-16-13(15)5-2-3-7-6(4-5)12-8(14)9(10,11)17-7/h2-4H,1H3/p+1. The first kappa shape index (κ1) is 11.2. The van der Waals surface area contributed by atoms with Crippen molar-refractivity contribution in [1.82, 2.24) is 0 Å². The van der Waals surface area contributed by atoms with Crippen LogP contribution in [0.15, 0.2) is 18.2 Å². The van der Waals surface area contributed by atoms with E-state index >= 15 is 0 Å². The lowest BCUT2D eigenvalue weighted by molar-refractivity contribution is -0.736. The summed E-state index contributed by atoms with van der Waals surface area (Å²) in [5.41, 5.74) is 0.0247. The Morgan fingerprint density at radius 1 is 1.47 bits per heavy atom. The molecule has 0 fully saturated rings. The van der Waals surface area contributed by atoms with E-state index in [1.54, 1.807) is 0 Å². The van der Waals surface area contributed by atoms with Gasteiger partial charge in [0.1, 0.15) is 0 Å². The van der Waals surface area contributed by atoms with Crippen LogP contribution in [0.25, 0.3) is 0 Å². The van der Waals surface area contributed by atoms with E-state index in [1.807, 2.05) is 5.32 Å². The number of nitrogens with one attached hydrogen (secondary N) is 1. The van der Waals surface area contributed by atoms with E-state index in [0.717, 1.165) is 13.2 Å². The largest absolute Gasteiger partial charge is 0.482 e. The molecule has 0 saturated heterocycles. The Labute approximate surface area is 93.6 Å². The first-order chi connectivity index (χ1) is 7.94. The van der Waals surface area contributed by atoms with Gasteiger partial charge in [-0.3, -0.25) is 4.79 Å². The fraction of sp³-hybridized carbons (Fsp3) is 0.222. The molecule has 0 saturated carbocycles. The smallest absolute Gasteiger partial charge is 0.423 e. The molecule has 1 N–H and O–H groups in total. The highest BCUT2D eigenvalue weighted by molar-refractivity contribution is 5.98. The normalized spacial score (nSPS) is 16.5. The highest BCUT2D eigenvalue weighted by atomic mass is 19.3. The number of carbonyl (C=O) groups excluding carboxylic acids is 1. The van der Waals surface area contributed by atoms with E-state index in [0.29, 0.717) is 0 Å². The Balaban J connectivity index is 2.39. The van der Waals surface area contributed by atoms with Gasteiger partial charge in [-0.2, -0.15) is 8.78 Å². The third kappa shape index (κ3) is 1.88. The number of rotatable bonds is 2. The highest BCUT2D eigenvalue weighted by Crippen LogP contribution is 2.37. The fourth-order valence-electron chi connectivity index (χ4n) is 1.30. The summed E-state index contributed by atoms with van der Waals surface area (Å²) >= 11 is 0. The van der Waals surface area contributed by atoms with Crippen LogP contribution < -0.4 is 10.1 Å². The first-order valence-electron chi connectivity index (χ1n) is 4.48. The van der Waals surface area contributed by atoms with Crippen molar-refractivity contribution in [3.05, 3.63) is 23.1 Å². The molecule has 17 heavy (non-hydrogen) atoms. The summed E-state index contributed by atoms with van der Waals surface area (Å²) in [4.78, 5) is 26.6. The maximum atomic E-state index is 12.9. The molecule has 0 bridgehead atoms. The van der Waals surface area contributed by atoms with E-state index in [9.17, 15) is 18.5 Å². The van der Waals surface area contributed by atoms with Gasteiger partial charge < -0.3 is 10.1 Å². The Bertz CT molecular complexity index is 504. The zero-order valence-electron chi connectivity index (χ0n) is 8.57. The molecule has 1 aliphatic heterocycles. The Morgan fingerprint density at radius 3 is 2.82 bits per heavy atom. The van der Waals surface area contributed by atoms with Gasteiger partial charge >= 0.3 is 17.7 Å². The number of alkyl halides is 2. The van der Waals surface area contributed by atoms with Gasteiger partial charge in [-0.25, -0.2) is 4.84 Å². The van der Waals surface area contributed by atoms with Crippen molar-refractivity contribution in [3.8, 4) is 5.75 Å². The number of benzene rings is 1. The van der Waals surface area contributed by atoms with Crippen LogP contribution in [0.4, 0.5) is 20.2 Å². The van der Waals surface area contributed by atoms with Crippen molar-refractivity contribution in [1.29, 1.82) is 0 Å². The van der Waals surface area contributed by atoms with Crippen LogP contribution in [-0.2, 0) is 9.63 Å². The van der Waals surface area contributed by atoms with E-state index in [1.165, 1.54) is 12.1 Å². The molecule has 1 aliphatic rings. The van der Waals surface area contributed by atoms with E-state index in [-0.39, 0.29) is 22.0 Å². The van der Waals surface area contributed by atoms with Crippen LogP contribution >= 0.6 is 0 Å². The predicted molar refractivity (Wildman–Crippen MR) is 50.9 cm³/mol. The lowest BCUT2D eigenvalue weighted by atomic mass is 10.2. The molecule has 0 atom stereocenters. The molecule has 1 amide bonds. The number of fused-ring (bicyclic) bond motifs is 1. The van der Waals surface area contributed by atoms with Gasteiger partial charge in [0, 0.05) is 12.1 Å². The monoisotopic (exact) mass is 245 g/mol. The van der Waals surface area contributed by atoms with Gasteiger partial charge in [-0.15, -0.1) is 0 Å². The number of amides is 1. The molecule has 1 aromatic rings. The average Bonchev–Trinajstić information content (AvgIpc) is 2.28. The fourth-order valence-corrected chi connectivity index (χ4v) is 1.30. The second-order valence-corrected chi connectivity index (χ2v) is 3.19. The molecule has 0 aromatic heterocycles. The SMILES string of the molecule is CO[N+](=O)c1ccc2c(c1)NC(=O)C(F)(F)O2. The summed E-state index contributed by atoms with van der Waals surface area (Å²) in [6, 6.07) is 3.53. The van der Waals surface area contributed by atoms with Crippen LogP contribution in [-0.4, -0.2) is 24.0 Å². The summed E-state index contributed by atoms with van der Waals surface area (Å²) in [6.07, 6.45) is -3.91. The summed E-state index contributed by atoms with van der Waals surface area (Å²) in [5.74, 6) is -1.81. The van der Waals surface area contributed by atoms with Crippen LogP contribution in [0, 0.1) is 4.91 Å². The first-order valence-corrected chi connectivity index (χ1v) is 4.48. The summed E-state index contributed by atoms with van der Waals surface area (Å²) in [5, 5.41) is 1.93. The zero-order chi connectivity index (χ0) is 12.6. The lowest BCUT2D eigenvalue weighted by Crippen LogP contribution is -2.43. The Morgan fingerprint density at radius 2 is 2.18 bits per heavy atom. The second kappa shape index (κ2) is 3.65. The average molecular weight is 245 g/mol. The van der Waals surface area contributed by atoms with Crippen molar-refractivity contribution in [2.24, 2.45) is 0 Å². The maximum absolute atomic E-state index is 12.9. The number of ether oxygens (including phenoxy) is 1. The molecular formula is C9H7F2N2O4+. The number of carbonyl (C=O) groups is 1. The van der Waals surface area contributed by atoms with Crippen molar-refractivity contribution in [2.75, 3.05) is 12.4 Å². The minimum atomic E-state index is -3.91. The predicted octanol–water partition coefficient (Wildman–Crippen LogP) is 1.58. The molecule has 1 heterocycles. The molecule has 0 spiro atoms. The van der Waals surface area contributed by atoms with E-state index in [2.05, 4.69) is 9.57 Å². The van der Waals surface area contributed by atoms with Crippen LogP contribution in [0.5, 0.6) is 5.75 Å². The minimum absolute atomic E-state index is 0.0173. The maximum Gasteiger partial charge on any atom is 0.482 e. The number of nitrogens with zero attached hydrogens (tertiary/aromatic N) is 1. The molecule has 8 heteroatoms. The Kier molecular flexibility index (Phi) is 2.41. The van der Waals surface area contributed by atoms with E-state index in [4.69, 9.17) is 0 Å². The quantitative estimate of drug-likeness (QED) is 0.803. The third-order valence-electron chi connectivity index (χ3n) is 2.09. The molecule has 0 unspecified atom stereocenters. The van der Waals surface area contributed by atoms with Crippen molar-refractivity contribution in [3.63, 3.8) is 0 Å². The van der Waals surface area contributed by atoms with Gasteiger partial charge in [0.2, 0.25) is 0 Å². The minimum Gasteiger partial charge on any atom is -0.423 e. The van der Waals surface area contributed by atoms with Crippen LogP contribution in [0.3, 0.4) is 0 Å². The number of anilines is 1. The van der Waals surface area contributed by atoms with Crippen molar-refractivity contribution >= 4 is 17.3 Å². The lowest BCUT2D eigenvalue weighted by Gasteiger charge is -2.23. The molecule has 2 rings (SSSR count). The van der Waals surface area contributed by atoms with E-state index < -0.39 is 12.0 Å². The topological polar surface area (TPSA) is 67.6 Å². The molecular weight excluding hydrogens is 238 g/mol. The summed E-state index contributed by atoms with van der Waals surface area (Å²) in [6.45, 7) is 0. The molecule has 6 nitrogen and oxygen atoms in total. The van der Waals surface area contributed by atoms with Crippen molar-refractivity contribution < 1.29 is 28.1 Å². The molecule has 0 radical (unpaired) electrons. The zero-order valence-corrected chi connectivity index (χ0v) is 8.57. The molecule has 0 aliphatic carbocycles. The summed E-state index contributed by atoms with van der Waals surface area (Å²) < 4.78 is 29.9. The van der Waals surface area contributed by atoms with Gasteiger partial charge in [0.15, 0.2) is 12.9 Å². The third-order valence-corrected chi connectivity index (χ3v) is 2.09. The van der Waals surface area contributed by atoms with Crippen LogP contribution in [0.2, 0.25) is 0 Å². The second-order valence-electron chi connectivity index (χ2n) is 3.19. The van der Waals surface area contributed by atoms with Crippen molar-refractivity contribution in [2.45, 2.75) is 6.11 Å². The number of hydrogen-bond acceptors (Lipinski definition) is 4. The van der Waals surface area contributed by atoms with Gasteiger partial charge in [0.05, 0.1) is 10.6 Å². The molecule has 1 aromatic carbocycles. The Hall–Kier alpha value is -2.25. The summed E-state index contributed by atoms with van der Waals surface area (Å²) in [7, 11) is 1.15. The van der Waals surface area contributed by atoms with Gasteiger partial charge in [-0.1, -0.05) is 0 Å². The van der Waals surface area contributed by atoms with Crippen LogP contribution in [0.1, 0.15) is 0 Å². The highest BCUT2D eigenvalue weighted by Gasteiger charge is 2.46.